The normalized spacial score (nSPS) is 27.4. The van der Waals surface area contributed by atoms with Gasteiger partial charge in [0.2, 0.25) is 5.91 Å². The van der Waals surface area contributed by atoms with Crippen LogP contribution in [0.25, 0.3) is 0 Å². The molecule has 4 heteroatoms. The molecule has 1 aliphatic carbocycles. The van der Waals surface area contributed by atoms with E-state index in [2.05, 4.69) is 5.32 Å². The molecule has 2 rings (SSSR count). The SMILES string of the molecule is NC1(CC(=O)NCCC2CCCO2)CCC1. The molecule has 4 nitrogen and oxygen atoms in total. The molecular formula is C12H22N2O2. The van der Waals surface area contributed by atoms with Gasteiger partial charge in [-0.1, -0.05) is 0 Å². The van der Waals surface area contributed by atoms with Crippen molar-refractivity contribution in [1.29, 1.82) is 0 Å². The van der Waals surface area contributed by atoms with Crippen molar-refractivity contribution in [2.75, 3.05) is 13.2 Å². The Labute approximate surface area is 96.9 Å². The van der Waals surface area contributed by atoms with Crippen LogP contribution in [-0.4, -0.2) is 30.7 Å². The predicted molar refractivity (Wildman–Crippen MR) is 62.0 cm³/mol. The van der Waals surface area contributed by atoms with Crippen LogP contribution in [0.15, 0.2) is 0 Å². The lowest BCUT2D eigenvalue weighted by molar-refractivity contribution is -0.123. The standard InChI is InChI=1S/C12H22N2O2/c13-12(5-2-6-12)9-11(15)14-7-4-10-3-1-8-16-10/h10H,1-9,13H2,(H,14,15). The van der Waals surface area contributed by atoms with Crippen molar-refractivity contribution >= 4 is 5.91 Å². The average Bonchev–Trinajstić information content (AvgIpc) is 2.68. The first-order valence-corrected chi connectivity index (χ1v) is 6.35. The van der Waals surface area contributed by atoms with Gasteiger partial charge >= 0.3 is 0 Å². The van der Waals surface area contributed by atoms with E-state index in [-0.39, 0.29) is 11.4 Å². The molecule has 0 radical (unpaired) electrons. The van der Waals surface area contributed by atoms with Gasteiger partial charge in [-0.3, -0.25) is 4.79 Å². The lowest BCUT2D eigenvalue weighted by atomic mass is 9.75. The lowest BCUT2D eigenvalue weighted by Gasteiger charge is -2.37. The zero-order chi connectivity index (χ0) is 11.4. The minimum Gasteiger partial charge on any atom is -0.378 e. The van der Waals surface area contributed by atoms with Gasteiger partial charge in [0.25, 0.3) is 0 Å². The summed E-state index contributed by atoms with van der Waals surface area (Å²) in [4.78, 5) is 11.6. The molecule has 2 aliphatic rings. The Morgan fingerprint density at radius 3 is 2.81 bits per heavy atom. The highest BCUT2D eigenvalue weighted by atomic mass is 16.5. The summed E-state index contributed by atoms with van der Waals surface area (Å²) in [5, 5.41) is 2.93. The first-order chi connectivity index (χ1) is 7.68. The van der Waals surface area contributed by atoms with Gasteiger partial charge in [-0.05, 0) is 38.5 Å². The van der Waals surface area contributed by atoms with Crippen molar-refractivity contribution in [2.24, 2.45) is 5.73 Å². The van der Waals surface area contributed by atoms with Crippen molar-refractivity contribution in [2.45, 2.75) is 56.6 Å². The third kappa shape index (κ3) is 3.19. The van der Waals surface area contributed by atoms with E-state index in [0.717, 1.165) is 45.3 Å². The summed E-state index contributed by atoms with van der Waals surface area (Å²) < 4.78 is 5.49. The van der Waals surface area contributed by atoms with Gasteiger partial charge in [-0.25, -0.2) is 0 Å². The Morgan fingerprint density at radius 2 is 2.25 bits per heavy atom. The lowest BCUT2D eigenvalue weighted by Crippen LogP contribution is -2.50. The van der Waals surface area contributed by atoms with Gasteiger partial charge in [-0.15, -0.1) is 0 Å². The quantitative estimate of drug-likeness (QED) is 0.733. The fourth-order valence-corrected chi connectivity index (χ4v) is 2.43. The number of hydrogen-bond acceptors (Lipinski definition) is 3. The average molecular weight is 226 g/mol. The van der Waals surface area contributed by atoms with Crippen LogP contribution in [-0.2, 0) is 9.53 Å². The van der Waals surface area contributed by atoms with Crippen LogP contribution < -0.4 is 11.1 Å². The largest absolute Gasteiger partial charge is 0.378 e. The van der Waals surface area contributed by atoms with E-state index in [1.165, 1.54) is 6.42 Å². The van der Waals surface area contributed by atoms with Crippen LogP contribution in [0.1, 0.15) is 44.9 Å². The molecule has 1 amide bonds. The van der Waals surface area contributed by atoms with Gasteiger partial charge in [0.1, 0.15) is 0 Å². The number of carbonyl (C=O) groups is 1. The van der Waals surface area contributed by atoms with Gasteiger partial charge in [0, 0.05) is 25.1 Å². The number of rotatable bonds is 5. The number of nitrogens with two attached hydrogens (primary N) is 1. The summed E-state index contributed by atoms with van der Waals surface area (Å²) in [5.41, 5.74) is 5.81. The molecule has 0 bridgehead atoms. The van der Waals surface area contributed by atoms with E-state index in [0.29, 0.717) is 12.5 Å². The fraction of sp³-hybridized carbons (Fsp3) is 0.917. The molecule has 1 unspecified atom stereocenters. The number of amides is 1. The molecule has 16 heavy (non-hydrogen) atoms. The summed E-state index contributed by atoms with van der Waals surface area (Å²) in [6.45, 7) is 1.60. The van der Waals surface area contributed by atoms with Crippen LogP contribution in [0.3, 0.4) is 0 Å². The molecule has 0 aromatic heterocycles. The first-order valence-electron chi connectivity index (χ1n) is 6.35. The van der Waals surface area contributed by atoms with Crippen molar-refractivity contribution in [3.63, 3.8) is 0 Å². The maximum Gasteiger partial charge on any atom is 0.221 e. The van der Waals surface area contributed by atoms with E-state index in [9.17, 15) is 4.79 Å². The van der Waals surface area contributed by atoms with Gasteiger partial charge in [-0.2, -0.15) is 0 Å². The minimum atomic E-state index is -0.200. The van der Waals surface area contributed by atoms with E-state index < -0.39 is 0 Å². The maximum atomic E-state index is 11.6. The molecule has 1 heterocycles. The number of nitrogens with one attached hydrogen (secondary N) is 1. The molecule has 2 fully saturated rings. The smallest absolute Gasteiger partial charge is 0.221 e. The first kappa shape index (κ1) is 11.9. The molecular weight excluding hydrogens is 204 g/mol. The third-order valence-electron chi connectivity index (χ3n) is 3.67. The second-order valence-electron chi connectivity index (χ2n) is 5.17. The summed E-state index contributed by atoms with van der Waals surface area (Å²) in [6, 6.07) is 0. The molecule has 0 aromatic rings. The van der Waals surface area contributed by atoms with Gasteiger partial charge in [0.05, 0.1) is 6.10 Å². The highest BCUT2D eigenvalue weighted by Gasteiger charge is 2.34. The van der Waals surface area contributed by atoms with Gasteiger partial charge in [0.15, 0.2) is 0 Å². The third-order valence-corrected chi connectivity index (χ3v) is 3.67. The zero-order valence-corrected chi connectivity index (χ0v) is 9.84. The molecule has 92 valence electrons. The fourth-order valence-electron chi connectivity index (χ4n) is 2.43. The van der Waals surface area contributed by atoms with E-state index in [4.69, 9.17) is 10.5 Å². The number of hydrogen-bond donors (Lipinski definition) is 2. The second kappa shape index (κ2) is 5.15. The summed E-state index contributed by atoms with van der Waals surface area (Å²) in [6.07, 6.45) is 7.22. The summed E-state index contributed by atoms with van der Waals surface area (Å²) in [7, 11) is 0. The van der Waals surface area contributed by atoms with Crippen molar-refractivity contribution in [3.05, 3.63) is 0 Å². The Balaban J connectivity index is 1.56. The molecule has 3 N–H and O–H groups in total. The minimum absolute atomic E-state index is 0.0974. The second-order valence-corrected chi connectivity index (χ2v) is 5.17. The number of carbonyl (C=O) groups excluding carboxylic acids is 1. The van der Waals surface area contributed by atoms with E-state index >= 15 is 0 Å². The Bertz CT molecular complexity index is 245. The molecule has 1 atom stereocenters. The van der Waals surface area contributed by atoms with Crippen LogP contribution in [0, 0.1) is 0 Å². The molecule has 1 saturated carbocycles. The van der Waals surface area contributed by atoms with Crippen molar-refractivity contribution in [3.8, 4) is 0 Å². The van der Waals surface area contributed by atoms with Crippen molar-refractivity contribution < 1.29 is 9.53 Å². The summed E-state index contributed by atoms with van der Waals surface area (Å²) in [5.74, 6) is 0.0974. The summed E-state index contributed by atoms with van der Waals surface area (Å²) >= 11 is 0. The molecule has 0 spiro atoms. The highest BCUT2D eigenvalue weighted by molar-refractivity contribution is 5.77. The van der Waals surface area contributed by atoms with Crippen molar-refractivity contribution in [1.82, 2.24) is 5.32 Å². The molecule has 0 aromatic carbocycles. The topological polar surface area (TPSA) is 64.4 Å². The number of ether oxygens (including phenoxy) is 1. The Hall–Kier alpha value is -0.610. The Morgan fingerprint density at radius 1 is 1.44 bits per heavy atom. The molecule has 1 saturated heterocycles. The van der Waals surface area contributed by atoms with Crippen LogP contribution in [0.5, 0.6) is 0 Å². The predicted octanol–water partition coefficient (Wildman–Crippen LogP) is 0.943. The van der Waals surface area contributed by atoms with E-state index in [1.54, 1.807) is 0 Å². The van der Waals surface area contributed by atoms with Gasteiger partial charge < -0.3 is 15.8 Å². The van der Waals surface area contributed by atoms with Crippen LogP contribution in [0.4, 0.5) is 0 Å². The molecule has 1 aliphatic heterocycles. The Kier molecular flexibility index (Phi) is 3.82. The monoisotopic (exact) mass is 226 g/mol. The maximum absolute atomic E-state index is 11.6. The zero-order valence-electron chi connectivity index (χ0n) is 9.84. The van der Waals surface area contributed by atoms with E-state index in [1.807, 2.05) is 0 Å². The van der Waals surface area contributed by atoms with Crippen LogP contribution in [0.2, 0.25) is 0 Å². The highest BCUT2D eigenvalue weighted by Crippen LogP contribution is 2.31. The van der Waals surface area contributed by atoms with Crippen LogP contribution >= 0.6 is 0 Å².